The number of carbonyl (C=O) groups excluding carboxylic acids is 3. The van der Waals surface area contributed by atoms with Gasteiger partial charge in [0.2, 0.25) is 5.91 Å². The average Bonchev–Trinajstić information content (AvgIpc) is 2.87. The van der Waals surface area contributed by atoms with Crippen molar-refractivity contribution in [1.82, 2.24) is 9.88 Å². The molecule has 0 saturated carbocycles. The summed E-state index contributed by atoms with van der Waals surface area (Å²) in [5, 5.41) is 13.2. The lowest BCUT2D eigenvalue weighted by Crippen LogP contribution is -2.45. The summed E-state index contributed by atoms with van der Waals surface area (Å²) < 4.78 is 0. The molecule has 1 aliphatic heterocycles. The highest BCUT2D eigenvalue weighted by atomic mass is 16.6. The van der Waals surface area contributed by atoms with Crippen LogP contribution in [0.5, 0.6) is 0 Å². The van der Waals surface area contributed by atoms with Gasteiger partial charge in [0.25, 0.3) is 17.5 Å². The maximum Gasteiger partial charge on any atom is 0.287 e. The summed E-state index contributed by atoms with van der Waals surface area (Å²) in [5.74, 6) is -1.57. The molecule has 0 fully saturated rings. The van der Waals surface area contributed by atoms with Gasteiger partial charge in [-0.1, -0.05) is 12.1 Å². The number of benzene rings is 1. The van der Waals surface area contributed by atoms with E-state index in [1.165, 1.54) is 25.1 Å². The third-order valence-electron chi connectivity index (χ3n) is 4.11. The van der Waals surface area contributed by atoms with E-state index >= 15 is 0 Å². The van der Waals surface area contributed by atoms with E-state index < -0.39 is 28.7 Å². The van der Waals surface area contributed by atoms with E-state index in [2.05, 4.69) is 10.3 Å². The lowest BCUT2D eigenvalue weighted by atomic mass is 10.1. The minimum Gasteiger partial charge on any atom is -0.309 e. The minimum atomic E-state index is -1.07. The molecular weight excluding hydrogens is 340 g/mol. The Balaban J connectivity index is 1.80. The molecule has 1 aliphatic rings. The Morgan fingerprint density at radius 3 is 2.31 bits per heavy atom. The number of imide groups is 1. The number of pyridine rings is 1. The molecule has 1 unspecified atom stereocenters. The summed E-state index contributed by atoms with van der Waals surface area (Å²) in [4.78, 5) is 52.2. The number of aromatic nitrogens is 1. The number of hydrogen-bond donors (Lipinski definition) is 1. The quantitative estimate of drug-likeness (QED) is 0.508. The Hall–Kier alpha value is -3.62. The van der Waals surface area contributed by atoms with Crippen molar-refractivity contribution >= 4 is 29.2 Å². The first-order valence-electron chi connectivity index (χ1n) is 7.70. The van der Waals surface area contributed by atoms with Crippen molar-refractivity contribution in [2.24, 2.45) is 0 Å². The van der Waals surface area contributed by atoms with E-state index in [1.54, 1.807) is 19.1 Å². The molecule has 3 amide bonds. The SMILES string of the molecule is Cc1cc([N+](=O)[O-])cnc1NC(=O)C(C)N1C(=O)c2ccccc2C1=O. The number of hydrogen-bond acceptors (Lipinski definition) is 6. The third kappa shape index (κ3) is 2.79. The van der Waals surface area contributed by atoms with Crippen LogP contribution in [0.2, 0.25) is 0 Å². The van der Waals surface area contributed by atoms with Crippen LogP contribution in [0.15, 0.2) is 36.5 Å². The molecule has 9 nitrogen and oxygen atoms in total. The van der Waals surface area contributed by atoms with Crippen LogP contribution in [0.3, 0.4) is 0 Å². The molecule has 1 N–H and O–H groups in total. The van der Waals surface area contributed by atoms with Crippen LogP contribution in [0.1, 0.15) is 33.2 Å². The molecule has 0 spiro atoms. The van der Waals surface area contributed by atoms with E-state index in [4.69, 9.17) is 0 Å². The van der Waals surface area contributed by atoms with Crippen LogP contribution >= 0.6 is 0 Å². The fourth-order valence-corrected chi connectivity index (χ4v) is 2.69. The van der Waals surface area contributed by atoms with Crippen molar-refractivity contribution in [1.29, 1.82) is 0 Å². The molecule has 132 valence electrons. The van der Waals surface area contributed by atoms with E-state index in [-0.39, 0.29) is 22.6 Å². The second-order valence-electron chi connectivity index (χ2n) is 5.81. The van der Waals surface area contributed by atoms with Crippen LogP contribution in [0.4, 0.5) is 11.5 Å². The summed E-state index contributed by atoms with van der Waals surface area (Å²) >= 11 is 0. The summed E-state index contributed by atoms with van der Waals surface area (Å²) in [6, 6.07) is 6.55. The van der Waals surface area contributed by atoms with Crippen molar-refractivity contribution in [3.05, 3.63) is 63.3 Å². The number of carbonyl (C=O) groups is 3. The van der Waals surface area contributed by atoms with Gasteiger partial charge in [-0.15, -0.1) is 0 Å². The van der Waals surface area contributed by atoms with Crippen LogP contribution in [-0.4, -0.2) is 38.6 Å². The molecule has 0 saturated heterocycles. The summed E-state index contributed by atoms with van der Waals surface area (Å²) in [6.45, 7) is 2.99. The zero-order valence-electron chi connectivity index (χ0n) is 13.9. The molecule has 0 aliphatic carbocycles. The molecule has 0 bridgehead atoms. The predicted molar refractivity (Wildman–Crippen MR) is 90.7 cm³/mol. The number of nitrogens with one attached hydrogen (secondary N) is 1. The van der Waals surface area contributed by atoms with Crippen molar-refractivity contribution in [3.63, 3.8) is 0 Å². The van der Waals surface area contributed by atoms with Gasteiger partial charge >= 0.3 is 0 Å². The monoisotopic (exact) mass is 354 g/mol. The fraction of sp³-hybridized carbons (Fsp3) is 0.176. The van der Waals surface area contributed by atoms with E-state index in [0.717, 1.165) is 11.1 Å². The standard InChI is InChI=1S/C17H14N4O5/c1-9-7-11(21(25)26)8-18-14(9)19-15(22)10(2)20-16(23)12-5-3-4-6-13(12)17(20)24/h3-8,10H,1-2H3,(H,18,19,22). The topological polar surface area (TPSA) is 123 Å². The average molecular weight is 354 g/mol. The maximum absolute atomic E-state index is 12.5. The Labute approximate surface area is 147 Å². The lowest BCUT2D eigenvalue weighted by molar-refractivity contribution is -0.385. The van der Waals surface area contributed by atoms with Crippen molar-refractivity contribution in [2.45, 2.75) is 19.9 Å². The second kappa shape index (κ2) is 6.36. The number of amides is 3. The highest BCUT2D eigenvalue weighted by molar-refractivity contribution is 6.23. The summed E-state index contributed by atoms with van der Waals surface area (Å²) in [5.41, 5.74) is 0.694. The molecule has 1 aromatic heterocycles. The van der Waals surface area contributed by atoms with Gasteiger partial charge in [0, 0.05) is 6.07 Å². The number of nitro groups is 1. The Morgan fingerprint density at radius 1 is 1.23 bits per heavy atom. The van der Waals surface area contributed by atoms with Gasteiger partial charge in [-0.3, -0.25) is 29.4 Å². The second-order valence-corrected chi connectivity index (χ2v) is 5.81. The predicted octanol–water partition coefficient (Wildman–Crippen LogP) is 1.92. The summed E-state index contributed by atoms with van der Waals surface area (Å²) in [6.07, 6.45) is 1.02. The molecule has 9 heteroatoms. The van der Waals surface area contributed by atoms with Crippen LogP contribution < -0.4 is 5.32 Å². The first-order valence-corrected chi connectivity index (χ1v) is 7.70. The molecular formula is C17H14N4O5. The van der Waals surface area contributed by atoms with Crippen molar-refractivity contribution < 1.29 is 19.3 Å². The number of nitrogens with zero attached hydrogens (tertiary/aromatic N) is 3. The highest BCUT2D eigenvalue weighted by Crippen LogP contribution is 2.25. The summed E-state index contributed by atoms with van der Waals surface area (Å²) in [7, 11) is 0. The number of rotatable bonds is 4. The first-order chi connectivity index (χ1) is 12.3. The van der Waals surface area contributed by atoms with Gasteiger partial charge in [-0.25, -0.2) is 4.98 Å². The number of fused-ring (bicyclic) bond motifs is 1. The van der Waals surface area contributed by atoms with Gasteiger partial charge in [0.05, 0.1) is 16.1 Å². The van der Waals surface area contributed by atoms with Crippen LogP contribution in [0, 0.1) is 17.0 Å². The number of aryl methyl sites for hydroxylation is 1. The van der Waals surface area contributed by atoms with Crippen molar-refractivity contribution in [3.8, 4) is 0 Å². The molecule has 1 aromatic carbocycles. The normalized spacial score (nSPS) is 14.2. The molecule has 26 heavy (non-hydrogen) atoms. The Bertz CT molecular complexity index is 921. The van der Waals surface area contributed by atoms with Crippen molar-refractivity contribution in [2.75, 3.05) is 5.32 Å². The third-order valence-corrected chi connectivity index (χ3v) is 4.11. The molecule has 0 radical (unpaired) electrons. The molecule has 3 rings (SSSR count). The smallest absolute Gasteiger partial charge is 0.287 e. The molecule has 2 aromatic rings. The van der Waals surface area contributed by atoms with Crippen LogP contribution in [0.25, 0.3) is 0 Å². The highest BCUT2D eigenvalue weighted by Gasteiger charge is 2.40. The fourth-order valence-electron chi connectivity index (χ4n) is 2.69. The Kier molecular flexibility index (Phi) is 4.21. The van der Waals surface area contributed by atoms with E-state index in [1.807, 2.05) is 0 Å². The van der Waals surface area contributed by atoms with E-state index in [0.29, 0.717) is 5.56 Å². The van der Waals surface area contributed by atoms with E-state index in [9.17, 15) is 24.5 Å². The molecule has 2 heterocycles. The zero-order valence-corrected chi connectivity index (χ0v) is 13.9. The maximum atomic E-state index is 12.5. The Morgan fingerprint density at radius 2 is 1.81 bits per heavy atom. The minimum absolute atomic E-state index is 0.129. The zero-order chi connectivity index (χ0) is 19.0. The van der Waals surface area contributed by atoms with Crippen LogP contribution in [-0.2, 0) is 4.79 Å². The van der Waals surface area contributed by atoms with Gasteiger partial charge < -0.3 is 5.32 Å². The molecule has 1 atom stereocenters. The first kappa shape index (κ1) is 17.2. The van der Waals surface area contributed by atoms with Gasteiger partial charge in [0.15, 0.2) is 0 Å². The van der Waals surface area contributed by atoms with Gasteiger partial charge in [-0.05, 0) is 31.5 Å². The largest absolute Gasteiger partial charge is 0.309 e. The number of anilines is 1. The van der Waals surface area contributed by atoms with Gasteiger partial charge in [-0.2, -0.15) is 0 Å². The van der Waals surface area contributed by atoms with Gasteiger partial charge in [0.1, 0.15) is 18.1 Å². The lowest BCUT2D eigenvalue weighted by Gasteiger charge is -2.21.